The maximum absolute atomic E-state index is 12.4. The van der Waals surface area contributed by atoms with E-state index < -0.39 is 0 Å². The van der Waals surface area contributed by atoms with Crippen LogP contribution >= 0.6 is 0 Å². The average Bonchev–Trinajstić information content (AvgIpc) is 3.12. The number of carbonyl (C=O) groups is 1. The van der Waals surface area contributed by atoms with Crippen LogP contribution in [0.1, 0.15) is 48.0 Å². The van der Waals surface area contributed by atoms with E-state index in [9.17, 15) is 4.79 Å². The summed E-state index contributed by atoms with van der Waals surface area (Å²) in [6, 6.07) is 11.0. The molecule has 0 aliphatic rings. The number of nitrogens with two attached hydrogens (primary N) is 1. The van der Waals surface area contributed by atoms with E-state index in [2.05, 4.69) is 17.2 Å². The van der Waals surface area contributed by atoms with E-state index in [0.29, 0.717) is 30.2 Å². The number of fused-ring (bicyclic) bond motifs is 1. The number of carbonyl (C=O) groups excluding carboxylic acids is 1. The Hall–Kier alpha value is -3.06. The molecule has 0 radical (unpaired) electrons. The first-order valence-electron chi connectivity index (χ1n) is 9.78. The van der Waals surface area contributed by atoms with Gasteiger partial charge in [0.2, 0.25) is 0 Å². The number of unbranched alkanes of at least 4 members (excludes halogenated alkanes) is 2. The van der Waals surface area contributed by atoms with E-state index in [0.717, 1.165) is 36.0 Å². The van der Waals surface area contributed by atoms with Crippen molar-refractivity contribution in [1.82, 2.24) is 10.3 Å². The van der Waals surface area contributed by atoms with Gasteiger partial charge >= 0.3 is 0 Å². The molecule has 0 saturated heterocycles. The zero-order valence-electron chi connectivity index (χ0n) is 16.9. The Labute approximate surface area is 170 Å². The van der Waals surface area contributed by atoms with Crippen LogP contribution in [0.25, 0.3) is 11.0 Å². The monoisotopic (exact) mass is 397 g/mol. The van der Waals surface area contributed by atoms with Gasteiger partial charge in [-0.1, -0.05) is 19.8 Å². The van der Waals surface area contributed by atoms with Crippen LogP contribution in [0.2, 0.25) is 0 Å². The molecule has 0 fully saturated rings. The van der Waals surface area contributed by atoms with Gasteiger partial charge in [-0.25, -0.2) is 4.98 Å². The number of rotatable bonds is 10. The summed E-state index contributed by atoms with van der Waals surface area (Å²) < 4.78 is 16.6. The first-order valence-corrected chi connectivity index (χ1v) is 9.78. The predicted octanol–water partition coefficient (Wildman–Crippen LogP) is 4.06. The molecule has 7 nitrogen and oxygen atoms in total. The number of aromatic nitrogens is 1. The Balaban J connectivity index is 1.60. The number of furan rings is 1. The molecular weight excluding hydrogens is 370 g/mol. The molecular formula is C22H27N3O4. The van der Waals surface area contributed by atoms with Crippen molar-refractivity contribution >= 4 is 22.7 Å². The summed E-state index contributed by atoms with van der Waals surface area (Å²) in [4.78, 5) is 16.6. The first-order chi connectivity index (χ1) is 14.1. The van der Waals surface area contributed by atoms with Crippen molar-refractivity contribution in [2.45, 2.75) is 39.3 Å². The fraction of sp³-hybridized carbons (Fsp3) is 0.364. The maximum atomic E-state index is 12.4. The molecule has 0 bridgehead atoms. The third kappa shape index (κ3) is 5.48. The lowest BCUT2D eigenvalue weighted by atomic mass is 10.2. The van der Waals surface area contributed by atoms with Crippen LogP contribution < -0.4 is 15.8 Å². The van der Waals surface area contributed by atoms with Crippen LogP contribution in [-0.4, -0.2) is 24.6 Å². The van der Waals surface area contributed by atoms with Crippen LogP contribution in [0.4, 0.5) is 5.82 Å². The van der Waals surface area contributed by atoms with E-state index in [1.165, 1.54) is 0 Å². The summed E-state index contributed by atoms with van der Waals surface area (Å²) in [7, 11) is 1.58. The van der Waals surface area contributed by atoms with Gasteiger partial charge in [-0.3, -0.25) is 4.79 Å². The Bertz CT molecular complexity index is 968. The zero-order valence-corrected chi connectivity index (χ0v) is 16.9. The summed E-state index contributed by atoms with van der Waals surface area (Å²) in [5, 5.41) is 3.77. The van der Waals surface area contributed by atoms with E-state index >= 15 is 0 Å². The molecule has 3 aromatic rings. The molecule has 29 heavy (non-hydrogen) atoms. The maximum Gasteiger partial charge on any atom is 0.255 e. The highest BCUT2D eigenvalue weighted by Crippen LogP contribution is 2.24. The number of hydrogen-bond donors (Lipinski definition) is 2. The predicted molar refractivity (Wildman–Crippen MR) is 112 cm³/mol. The fourth-order valence-electron chi connectivity index (χ4n) is 2.99. The van der Waals surface area contributed by atoms with Crippen molar-refractivity contribution in [3.63, 3.8) is 0 Å². The van der Waals surface area contributed by atoms with Crippen LogP contribution in [0.15, 0.2) is 40.8 Å². The lowest BCUT2D eigenvalue weighted by molar-refractivity contribution is 0.0948. The second-order valence-electron chi connectivity index (χ2n) is 6.82. The molecule has 0 unspecified atom stereocenters. The highest BCUT2D eigenvalue weighted by atomic mass is 16.5. The number of benzene rings is 1. The molecule has 0 spiro atoms. The molecule has 2 aromatic heterocycles. The van der Waals surface area contributed by atoms with Crippen LogP contribution in [0.3, 0.4) is 0 Å². The van der Waals surface area contributed by atoms with Gasteiger partial charge in [-0.2, -0.15) is 0 Å². The number of pyridine rings is 1. The Morgan fingerprint density at radius 2 is 2.07 bits per heavy atom. The summed E-state index contributed by atoms with van der Waals surface area (Å²) in [6.45, 7) is 3.45. The van der Waals surface area contributed by atoms with E-state index in [1.54, 1.807) is 19.2 Å². The summed E-state index contributed by atoms with van der Waals surface area (Å²) in [5.74, 6) is 1.30. The molecule has 0 aliphatic carbocycles. The average molecular weight is 397 g/mol. The summed E-state index contributed by atoms with van der Waals surface area (Å²) >= 11 is 0. The molecule has 0 atom stereocenters. The fourth-order valence-corrected chi connectivity index (χ4v) is 2.99. The molecule has 2 heterocycles. The Morgan fingerprint density at radius 3 is 2.83 bits per heavy atom. The molecule has 1 aromatic carbocycles. The molecule has 0 saturated carbocycles. The van der Waals surface area contributed by atoms with Crippen molar-refractivity contribution in [3.8, 4) is 5.75 Å². The Morgan fingerprint density at radius 1 is 1.21 bits per heavy atom. The Kier molecular flexibility index (Phi) is 7.08. The molecule has 0 aliphatic heterocycles. The first kappa shape index (κ1) is 20.7. The SMILES string of the molecule is CCCCCOc1ccc2cc(CNC(=O)c3ccc(COC)nc3N)oc2c1. The molecule has 3 N–H and O–H groups in total. The summed E-state index contributed by atoms with van der Waals surface area (Å²) in [5.41, 5.74) is 7.62. The van der Waals surface area contributed by atoms with Gasteiger partial charge in [-0.05, 0) is 36.8 Å². The van der Waals surface area contributed by atoms with Gasteiger partial charge in [0.05, 0.1) is 31.0 Å². The van der Waals surface area contributed by atoms with Crippen molar-refractivity contribution < 1.29 is 18.7 Å². The third-order valence-corrected chi connectivity index (χ3v) is 4.50. The van der Waals surface area contributed by atoms with Gasteiger partial charge < -0.3 is 24.9 Å². The number of amides is 1. The van der Waals surface area contributed by atoms with Gasteiger partial charge in [0, 0.05) is 18.6 Å². The van der Waals surface area contributed by atoms with Gasteiger partial charge in [0.1, 0.15) is 22.9 Å². The molecule has 154 valence electrons. The molecule has 3 rings (SSSR count). The normalized spacial score (nSPS) is 11.0. The minimum atomic E-state index is -0.306. The largest absolute Gasteiger partial charge is 0.493 e. The van der Waals surface area contributed by atoms with Crippen molar-refractivity contribution in [2.24, 2.45) is 0 Å². The number of nitrogen functional groups attached to an aromatic ring is 1. The lowest BCUT2D eigenvalue weighted by Crippen LogP contribution is -2.24. The van der Waals surface area contributed by atoms with E-state index in [4.69, 9.17) is 19.6 Å². The number of ether oxygens (including phenoxy) is 2. The number of nitrogens with zero attached hydrogens (tertiary/aromatic N) is 1. The van der Waals surface area contributed by atoms with Crippen molar-refractivity contribution in [1.29, 1.82) is 0 Å². The standard InChI is InChI=1S/C22H27N3O4/c1-3-4-5-10-28-17-8-6-15-11-18(29-20(15)12-17)13-24-22(26)19-9-7-16(14-27-2)25-21(19)23/h6-9,11-12H,3-5,10,13-14H2,1-2H3,(H2,23,25)(H,24,26). The van der Waals surface area contributed by atoms with Crippen molar-refractivity contribution in [2.75, 3.05) is 19.5 Å². The number of nitrogens with one attached hydrogen (secondary N) is 1. The second-order valence-corrected chi connectivity index (χ2v) is 6.82. The number of anilines is 1. The highest BCUT2D eigenvalue weighted by molar-refractivity contribution is 5.98. The van der Waals surface area contributed by atoms with Gasteiger partial charge in [-0.15, -0.1) is 0 Å². The number of hydrogen-bond acceptors (Lipinski definition) is 6. The smallest absolute Gasteiger partial charge is 0.255 e. The minimum Gasteiger partial charge on any atom is -0.493 e. The van der Waals surface area contributed by atoms with Crippen LogP contribution in [0, 0.1) is 0 Å². The summed E-state index contributed by atoms with van der Waals surface area (Å²) in [6.07, 6.45) is 3.35. The highest BCUT2D eigenvalue weighted by Gasteiger charge is 2.13. The van der Waals surface area contributed by atoms with E-state index in [-0.39, 0.29) is 18.3 Å². The molecule has 1 amide bonds. The molecule has 7 heteroatoms. The lowest BCUT2D eigenvalue weighted by Gasteiger charge is -2.07. The minimum absolute atomic E-state index is 0.173. The van der Waals surface area contributed by atoms with Crippen LogP contribution in [-0.2, 0) is 17.9 Å². The van der Waals surface area contributed by atoms with Gasteiger partial charge in [0.25, 0.3) is 5.91 Å². The number of methoxy groups -OCH3 is 1. The zero-order chi connectivity index (χ0) is 20.6. The second kappa shape index (κ2) is 9.93. The van der Waals surface area contributed by atoms with Crippen LogP contribution in [0.5, 0.6) is 5.75 Å². The van der Waals surface area contributed by atoms with Crippen molar-refractivity contribution in [3.05, 3.63) is 53.4 Å². The van der Waals surface area contributed by atoms with Gasteiger partial charge in [0.15, 0.2) is 0 Å². The van der Waals surface area contributed by atoms with E-state index in [1.807, 2.05) is 24.3 Å². The third-order valence-electron chi connectivity index (χ3n) is 4.50. The topological polar surface area (TPSA) is 99.6 Å². The quantitative estimate of drug-likeness (QED) is 0.501.